The fourth-order valence-corrected chi connectivity index (χ4v) is 5.20. The molecule has 4 unspecified atom stereocenters. The topological polar surface area (TPSA) is 205 Å². The van der Waals surface area contributed by atoms with Gasteiger partial charge in [-0.2, -0.15) is 11.8 Å². The molecule has 2 amide bonds. The highest BCUT2D eigenvalue weighted by atomic mass is 32.2. The number of hydrogen-bond acceptors (Lipinski definition) is 9. The Bertz CT molecular complexity index is 1040. The second-order valence-corrected chi connectivity index (χ2v) is 11.2. The van der Waals surface area contributed by atoms with E-state index in [4.69, 9.17) is 15.6 Å². The van der Waals surface area contributed by atoms with Crippen LogP contribution in [0.4, 0.5) is 0 Å². The summed E-state index contributed by atoms with van der Waals surface area (Å²) in [5.74, 6) is -3.37. The average molecular weight is 598 g/mol. The van der Waals surface area contributed by atoms with Gasteiger partial charge in [-0.15, -0.1) is 0 Å². The van der Waals surface area contributed by atoms with Gasteiger partial charge < -0.3 is 36.4 Å². The van der Waals surface area contributed by atoms with Crippen molar-refractivity contribution in [3.8, 4) is 11.5 Å². The van der Waals surface area contributed by atoms with Crippen molar-refractivity contribution in [1.29, 1.82) is 0 Å². The van der Waals surface area contributed by atoms with Gasteiger partial charge in [-0.1, -0.05) is 32.3 Å². The summed E-state index contributed by atoms with van der Waals surface area (Å²) in [6, 6.07) is 1.42. The van der Waals surface area contributed by atoms with Gasteiger partial charge in [0.25, 0.3) is 0 Å². The average Bonchev–Trinajstić information content (AvgIpc) is 2.92. The first-order valence-electron chi connectivity index (χ1n) is 13.7. The fraction of sp³-hybridized carbons (Fsp3) is 0.607. The molecule has 0 saturated carbocycles. The van der Waals surface area contributed by atoms with Gasteiger partial charge in [0.1, 0.15) is 17.9 Å². The maximum Gasteiger partial charge on any atom is 0.325 e. The van der Waals surface area contributed by atoms with E-state index in [0.29, 0.717) is 18.6 Å². The van der Waals surface area contributed by atoms with Gasteiger partial charge in [0.15, 0.2) is 11.5 Å². The van der Waals surface area contributed by atoms with Gasteiger partial charge in [0, 0.05) is 30.3 Å². The van der Waals surface area contributed by atoms with Crippen LogP contribution in [0.25, 0.3) is 0 Å². The number of benzene rings is 1. The largest absolute Gasteiger partial charge is 0.504 e. The molecule has 1 rings (SSSR count). The highest BCUT2D eigenvalue weighted by Gasteiger charge is 2.28. The lowest BCUT2D eigenvalue weighted by atomic mass is 10.0. The summed E-state index contributed by atoms with van der Waals surface area (Å²) in [6.07, 6.45) is 4.06. The number of amides is 2. The Morgan fingerprint density at radius 2 is 1.73 bits per heavy atom. The minimum absolute atomic E-state index is 0.0150. The predicted octanol–water partition coefficient (Wildman–Crippen LogP) is 2.24. The summed E-state index contributed by atoms with van der Waals surface area (Å²) < 4.78 is 5.12. The fourth-order valence-electron chi connectivity index (χ4n) is 3.86. The Kier molecular flexibility index (Phi) is 16.5. The summed E-state index contributed by atoms with van der Waals surface area (Å²) in [6.45, 7) is 3.35. The molecule has 13 heteroatoms. The van der Waals surface area contributed by atoms with E-state index in [0.717, 1.165) is 24.8 Å². The number of methoxy groups -OCH3 is 1. The maximum atomic E-state index is 12.9. The van der Waals surface area contributed by atoms with Crippen LogP contribution in [0.1, 0.15) is 70.8 Å². The van der Waals surface area contributed by atoms with E-state index in [1.54, 1.807) is 12.1 Å². The quantitative estimate of drug-likeness (QED) is 0.113. The van der Waals surface area contributed by atoms with Crippen LogP contribution in [0.5, 0.6) is 11.5 Å². The SMILES string of the molecule is CCCCCC(CC(=O)CCc1ccc(O)c(OC)c1)SCC(NC(=O)C(N)CCC(=O)O)C(=O)NC(C)C(=O)O. The molecule has 0 bridgehead atoms. The Morgan fingerprint density at radius 1 is 1.02 bits per heavy atom. The molecule has 0 heterocycles. The van der Waals surface area contributed by atoms with Crippen LogP contribution in [-0.4, -0.2) is 81.1 Å². The molecule has 41 heavy (non-hydrogen) atoms. The molecule has 0 saturated heterocycles. The summed E-state index contributed by atoms with van der Waals surface area (Å²) in [7, 11) is 1.45. The van der Waals surface area contributed by atoms with Crippen molar-refractivity contribution >= 4 is 41.3 Å². The van der Waals surface area contributed by atoms with Crippen molar-refractivity contribution in [2.24, 2.45) is 5.73 Å². The van der Waals surface area contributed by atoms with Crippen molar-refractivity contribution in [1.82, 2.24) is 10.6 Å². The molecule has 0 fully saturated rings. The highest BCUT2D eigenvalue weighted by molar-refractivity contribution is 8.00. The first-order chi connectivity index (χ1) is 19.4. The number of hydrogen-bond donors (Lipinski definition) is 6. The zero-order valence-electron chi connectivity index (χ0n) is 23.9. The van der Waals surface area contributed by atoms with E-state index in [2.05, 4.69) is 17.6 Å². The number of carboxylic acids is 2. The number of ether oxygens (including phenoxy) is 1. The summed E-state index contributed by atoms with van der Waals surface area (Å²) in [4.78, 5) is 60.5. The molecule has 0 aliphatic heterocycles. The molecule has 7 N–H and O–H groups in total. The van der Waals surface area contributed by atoms with E-state index in [-0.39, 0.29) is 48.2 Å². The lowest BCUT2D eigenvalue weighted by Gasteiger charge is -2.24. The number of aryl methyl sites for hydroxylation is 1. The van der Waals surface area contributed by atoms with Crippen molar-refractivity contribution in [3.63, 3.8) is 0 Å². The number of nitrogens with two attached hydrogens (primary N) is 1. The van der Waals surface area contributed by atoms with Crippen LogP contribution in [0.3, 0.4) is 0 Å². The molecule has 0 aliphatic carbocycles. The van der Waals surface area contributed by atoms with Crippen molar-refractivity contribution in [2.45, 2.75) is 95.0 Å². The van der Waals surface area contributed by atoms with Gasteiger partial charge in [-0.25, -0.2) is 0 Å². The number of phenolic OH excluding ortho intramolecular Hbond substituents is 1. The Labute approximate surface area is 244 Å². The zero-order valence-corrected chi connectivity index (χ0v) is 24.7. The summed E-state index contributed by atoms with van der Waals surface area (Å²) >= 11 is 1.34. The van der Waals surface area contributed by atoms with E-state index in [9.17, 15) is 34.2 Å². The molecule has 230 valence electrons. The normalized spacial score (nSPS) is 13.9. The minimum atomic E-state index is -1.25. The first-order valence-corrected chi connectivity index (χ1v) is 14.7. The third kappa shape index (κ3) is 14.2. The first kappa shape index (κ1) is 35.7. The predicted molar refractivity (Wildman–Crippen MR) is 155 cm³/mol. The molecule has 0 aromatic heterocycles. The Hall–Kier alpha value is -3.32. The number of rotatable bonds is 21. The molecular weight excluding hydrogens is 554 g/mol. The van der Waals surface area contributed by atoms with Crippen molar-refractivity contribution in [3.05, 3.63) is 23.8 Å². The number of carboxylic acid groups (broad SMARTS) is 2. The molecule has 4 atom stereocenters. The molecule has 12 nitrogen and oxygen atoms in total. The van der Waals surface area contributed by atoms with Crippen molar-refractivity contribution < 1.29 is 44.0 Å². The molecule has 0 aliphatic rings. The number of carbonyl (C=O) groups excluding carboxylic acids is 3. The lowest BCUT2D eigenvalue weighted by Crippen LogP contribution is -2.55. The summed E-state index contributed by atoms with van der Waals surface area (Å²) in [5, 5.41) is 32.5. The number of ketones is 1. The van der Waals surface area contributed by atoms with Gasteiger partial charge in [0.05, 0.1) is 13.2 Å². The van der Waals surface area contributed by atoms with Crippen LogP contribution in [0.15, 0.2) is 18.2 Å². The van der Waals surface area contributed by atoms with Crippen LogP contribution in [0, 0.1) is 0 Å². The van der Waals surface area contributed by atoms with Crippen LogP contribution < -0.4 is 21.1 Å². The Morgan fingerprint density at radius 3 is 2.34 bits per heavy atom. The van der Waals surface area contributed by atoms with E-state index < -0.39 is 41.9 Å². The number of aromatic hydroxyl groups is 1. The van der Waals surface area contributed by atoms with E-state index in [1.807, 2.05) is 0 Å². The number of carbonyl (C=O) groups is 5. The number of Topliss-reactive ketones (excluding diaryl/α,β-unsaturated/α-hetero) is 1. The van der Waals surface area contributed by atoms with Gasteiger partial charge in [-0.3, -0.25) is 24.0 Å². The Balaban J connectivity index is 2.91. The van der Waals surface area contributed by atoms with Crippen LogP contribution in [0.2, 0.25) is 0 Å². The van der Waals surface area contributed by atoms with Gasteiger partial charge >= 0.3 is 11.9 Å². The number of unbranched alkanes of at least 4 members (excludes halogenated alkanes) is 2. The number of aliphatic carboxylic acids is 2. The van der Waals surface area contributed by atoms with Gasteiger partial charge in [-0.05, 0) is 43.9 Å². The molecular formula is C28H43N3O9S. The smallest absolute Gasteiger partial charge is 0.325 e. The summed E-state index contributed by atoms with van der Waals surface area (Å²) in [5.41, 5.74) is 6.64. The van der Waals surface area contributed by atoms with Gasteiger partial charge in [0.2, 0.25) is 11.8 Å². The second kappa shape index (κ2) is 18.9. The molecule has 1 aromatic carbocycles. The molecule has 1 aromatic rings. The van der Waals surface area contributed by atoms with E-state index in [1.165, 1.54) is 31.9 Å². The lowest BCUT2D eigenvalue weighted by molar-refractivity contribution is -0.141. The third-order valence-electron chi connectivity index (χ3n) is 6.39. The second-order valence-electron chi connectivity index (χ2n) is 9.87. The highest BCUT2D eigenvalue weighted by Crippen LogP contribution is 2.27. The monoisotopic (exact) mass is 597 g/mol. The standard InChI is InChI=1S/C28H43N3O9S/c1-4-5-6-7-20(15-19(32)10-8-18-9-12-23(33)24(14-18)40-3)41-16-22(27(37)30-17(2)28(38)39)31-26(36)21(29)11-13-25(34)35/h9,12,14,17,20-22,33H,4-8,10-11,13,15-16,29H2,1-3H3,(H,30,37)(H,31,36)(H,34,35)(H,38,39). The van der Waals surface area contributed by atoms with Crippen LogP contribution in [-0.2, 0) is 30.4 Å². The molecule has 0 spiro atoms. The number of phenols is 1. The van der Waals surface area contributed by atoms with E-state index >= 15 is 0 Å². The third-order valence-corrected chi connectivity index (χ3v) is 7.79. The minimum Gasteiger partial charge on any atom is -0.504 e. The molecule has 0 radical (unpaired) electrons. The zero-order chi connectivity index (χ0) is 30.9. The number of nitrogens with one attached hydrogen (secondary N) is 2. The number of thioether (sulfide) groups is 1. The maximum absolute atomic E-state index is 12.9. The van der Waals surface area contributed by atoms with Crippen molar-refractivity contribution in [2.75, 3.05) is 12.9 Å². The van der Waals surface area contributed by atoms with Crippen LogP contribution >= 0.6 is 11.8 Å².